The zero-order valence-electron chi connectivity index (χ0n) is 13.8. The largest absolute Gasteiger partial charge is 0.456 e. The molecule has 2 heterocycles. The van der Waals surface area contributed by atoms with Crippen LogP contribution in [0.5, 0.6) is 0 Å². The third-order valence-corrected chi connectivity index (χ3v) is 4.40. The van der Waals surface area contributed by atoms with E-state index in [0.29, 0.717) is 26.9 Å². The highest BCUT2D eigenvalue weighted by molar-refractivity contribution is 6.42. The van der Waals surface area contributed by atoms with E-state index in [4.69, 9.17) is 27.9 Å². The summed E-state index contributed by atoms with van der Waals surface area (Å²) in [7, 11) is 0. The van der Waals surface area contributed by atoms with Gasteiger partial charge in [-0.1, -0.05) is 35.3 Å². The second kappa shape index (κ2) is 7.72. The van der Waals surface area contributed by atoms with Crippen molar-refractivity contribution in [1.29, 1.82) is 0 Å². The van der Waals surface area contributed by atoms with Gasteiger partial charge in [-0.05, 0) is 42.3 Å². The monoisotopic (exact) mass is 388 g/mol. The van der Waals surface area contributed by atoms with Gasteiger partial charge in [-0.3, -0.25) is 9.20 Å². The molecule has 0 N–H and O–H groups in total. The second-order valence-corrected chi connectivity index (χ2v) is 6.40. The summed E-state index contributed by atoms with van der Waals surface area (Å²) in [6.07, 6.45) is 4.49. The van der Waals surface area contributed by atoms with Crippen molar-refractivity contribution in [2.45, 2.75) is 13.5 Å². The summed E-state index contributed by atoms with van der Waals surface area (Å²) < 4.78 is 6.60. The van der Waals surface area contributed by atoms with E-state index < -0.39 is 5.97 Å². The van der Waals surface area contributed by atoms with Crippen LogP contribution in [-0.2, 0) is 16.1 Å². The number of esters is 1. The fourth-order valence-corrected chi connectivity index (χ4v) is 2.66. The Balaban J connectivity index is 1.70. The summed E-state index contributed by atoms with van der Waals surface area (Å²) in [5, 5.41) is 0.841. The number of benzene rings is 1. The lowest BCUT2D eigenvalue weighted by Gasteiger charge is -2.06. The van der Waals surface area contributed by atoms with E-state index in [9.17, 15) is 9.59 Å². The molecule has 0 bridgehead atoms. The van der Waals surface area contributed by atoms with Crippen LogP contribution in [0.25, 0.3) is 11.7 Å². The zero-order valence-corrected chi connectivity index (χ0v) is 15.3. The van der Waals surface area contributed by atoms with Crippen LogP contribution in [-0.4, -0.2) is 15.4 Å². The van der Waals surface area contributed by atoms with Crippen molar-refractivity contribution in [1.82, 2.24) is 9.38 Å². The Hall–Kier alpha value is -2.63. The average Bonchev–Trinajstić information content (AvgIpc) is 2.62. The number of ether oxygens (including phenoxy) is 1. The SMILES string of the molecule is Cc1cccn2c(=O)cc(COC(=O)/C=C/c3ccc(Cl)c(Cl)c3)nc12. The molecule has 0 aliphatic rings. The molecule has 26 heavy (non-hydrogen) atoms. The summed E-state index contributed by atoms with van der Waals surface area (Å²) in [6.45, 7) is 1.77. The first kappa shape index (κ1) is 18.2. The van der Waals surface area contributed by atoms with Crippen LogP contribution in [0.4, 0.5) is 0 Å². The van der Waals surface area contributed by atoms with E-state index in [0.717, 1.165) is 5.56 Å². The van der Waals surface area contributed by atoms with Crippen LogP contribution >= 0.6 is 23.2 Å². The fraction of sp³-hybridized carbons (Fsp3) is 0.105. The molecule has 0 fully saturated rings. The van der Waals surface area contributed by atoms with Gasteiger partial charge in [0.2, 0.25) is 0 Å². The van der Waals surface area contributed by atoms with Gasteiger partial charge in [-0.2, -0.15) is 0 Å². The number of pyridine rings is 1. The molecule has 2 aromatic heterocycles. The molecule has 0 aliphatic heterocycles. The van der Waals surface area contributed by atoms with E-state index in [2.05, 4.69) is 4.98 Å². The number of halogens is 2. The van der Waals surface area contributed by atoms with Gasteiger partial charge < -0.3 is 4.74 Å². The fourth-order valence-electron chi connectivity index (χ4n) is 2.36. The van der Waals surface area contributed by atoms with Crippen LogP contribution in [0.1, 0.15) is 16.8 Å². The molecule has 0 atom stereocenters. The molecule has 0 saturated heterocycles. The molecule has 0 unspecified atom stereocenters. The number of aryl methyl sites for hydroxylation is 1. The molecule has 0 aliphatic carbocycles. The molecule has 132 valence electrons. The molecule has 0 spiro atoms. The van der Waals surface area contributed by atoms with E-state index in [1.165, 1.54) is 16.5 Å². The minimum Gasteiger partial charge on any atom is -0.456 e. The Morgan fingerprint density at radius 1 is 1.23 bits per heavy atom. The second-order valence-electron chi connectivity index (χ2n) is 5.59. The summed E-state index contributed by atoms with van der Waals surface area (Å²) in [4.78, 5) is 28.4. The van der Waals surface area contributed by atoms with E-state index in [1.54, 1.807) is 36.5 Å². The van der Waals surface area contributed by atoms with Crippen LogP contribution in [0, 0.1) is 6.92 Å². The first-order valence-corrected chi connectivity index (χ1v) is 8.47. The molecular weight excluding hydrogens is 375 g/mol. The van der Waals surface area contributed by atoms with Gasteiger partial charge in [-0.15, -0.1) is 0 Å². The van der Waals surface area contributed by atoms with Crippen molar-refractivity contribution in [3.8, 4) is 0 Å². The van der Waals surface area contributed by atoms with Gasteiger partial charge in [0.15, 0.2) is 0 Å². The molecule has 5 nitrogen and oxygen atoms in total. The summed E-state index contributed by atoms with van der Waals surface area (Å²) in [5.41, 5.74) is 2.28. The molecule has 1 aromatic carbocycles. The van der Waals surface area contributed by atoms with Crippen molar-refractivity contribution in [3.63, 3.8) is 0 Å². The Morgan fingerprint density at radius 3 is 2.81 bits per heavy atom. The Bertz CT molecular complexity index is 1070. The highest BCUT2D eigenvalue weighted by atomic mass is 35.5. The number of aromatic nitrogens is 2. The minimum atomic E-state index is -0.553. The molecular formula is C19H14Cl2N2O3. The number of nitrogens with zero attached hydrogens (tertiary/aromatic N) is 2. The van der Waals surface area contributed by atoms with Crippen LogP contribution < -0.4 is 5.56 Å². The maximum atomic E-state index is 12.1. The average molecular weight is 389 g/mol. The lowest BCUT2D eigenvalue weighted by atomic mass is 10.2. The molecule has 0 saturated carbocycles. The summed E-state index contributed by atoms with van der Waals surface area (Å²) >= 11 is 11.8. The van der Waals surface area contributed by atoms with E-state index in [-0.39, 0.29) is 12.2 Å². The molecule has 3 rings (SSSR count). The Morgan fingerprint density at radius 2 is 2.04 bits per heavy atom. The van der Waals surface area contributed by atoms with Crippen molar-refractivity contribution in [2.75, 3.05) is 0 Å². The number of rotatable bonds is 4. The van der Waals surface area contributed by atoms with Crippen LogP contribution in [0.15, 0.2) is 53.5 Å². The van der Waals surface area contributed by atoms with Crippen LogP contribution in [0.2, 0.25) is 10.0 Å². The van der Waals surface area contributed by atoms with Gasteiger partial charge in [0.25, 0.3) is 5.56 Å². The number of hydrogen-bond donors (Lipinski definition) is 0. The molecule has 0 radical (unpaired) electrons. The van der Waals surface area contributed by atoms with Crippen molar-refractivity contribution < 1.29 is 9.53 Å². The number of carbonyl (C=O) groups excluding carboxylic acids is 1. The topological polar surface area (TPSA) is 60.7 Å². The van der Waals surface area contributed by atoms with Gasteiger partial charge >= 0.3 is 5.97 Å². The molecule has 3 aromatic rings. The van der Waals surface area contributed by atoms with E-state index >= 15 is 0 Å². The predicted molar refractivity (Wildman–Crippen MR) is 101 cm³/mol. The standard InChI is InChI=1S/C19H14Cl2N2O3/c1-12-3-2-8-23-17(24)10-14(22-19(12)23)11-26-18(25)7-5-13-4-6-15(20)16(21)9-13/h2-10H,11H2,1H3/b7-5+. The van der Waals surface area contributed by atoms with Crippen molar-refractivity contribution in [3.05, 3.63) is 85.9 Å². The van der Waals surface area contributed by atoms with Crippen molar-refractivity contribution in [2.24, 2.45) is 0 Å². The minimum absolute atomic E-state index is 0.0926. The third-order valence-electron chi connectivity index (χ3n) is 3.66. The van der Waals surface area contributed by atoms with E-state index in [1.807, 2.05) is 13.0 Å². The number of carbonyl (C=O) groups is 1. The van der Waals surface area contributed by atoms with Gasteiger partial charge in [0, 0.05) is 18.3 Å². The zero-order chi connectivity index (χ0) is 18.7. The third kappa shape index (κ3) is 4.12. The summed E-state index contributed by atoms with van der Waals surface area (Å²) in [5.74, 6) is -0.553. The highest BCUT2D eigenvalue weighted by Crippen LogP contribution is 2.23. The first-order valence-electron chi connectivity index (χ1n) is 7.72. The smallest absolute Gasteiger partial charge is 0.331 e. The number of fused-ring (bicyclic) bond motifs is 1. The predicted octanol–water partition coefficient (Wildman–Crippen LogP) is 4.07. The highest BCUT2D eigenvalue weighted by Gasteiger charge is 2.06. The van der Waals surface area contributed by atoms with Gasteiger partial charge in [-0.25, -0.2) is 9.78 Å². The number of hydrogen-bond acceptors (Lipinski definition) is 4. The van der Waals surface area contributed by atoms with Crippen LogP contribution in [0.3, 0.4) is 0 Å². The summed E-state index contributed by atoms with van der Waals surface area (Å²) in [6, 6.07) is 10.00. The lowest BCUT2D eigenvalue weighted by molar-refractivity contribution is -0.139. The van der Waals surface area contributed by atoms with Crippen molar-refractivity contribution >= 4 is 40.9 Å². The maximum absolute atomic E-state index is 12.1. The Labute approximate surface area is 159 Å². The quantitative estimate of drug-likeness (QED) is 0.499. The first-order chi connectivity index (χ1) is 12.4. The maximum Gasteiger partial charge on any atom is 0.331 e. The Kier molecular flexibility index (Phi) is 5.40. The lowest BCUT2D eigenvalue weighted by Crippen LogP contribution is -2.17. The molecule has 7 heteroatoms. The van der Waals surface area contributed by atoms with Gasteiger partial charge in [0.1, 0.15) is 12.3 Å². The normalized spacial score (nSPS) is 11.2. The van der Waals surface area contributed by atoms with Gasteiger partial charge in [0.05, 0.1) is 15.7 Å². The molecule has 0 amide bonds.